The van der Waals surface area contributed by atoms with Gasteiger partial charge in [-0.2, -0.15) is 0 Å². The molecule has 0 saturated carbocycles. The maximum Gasteiger partial charge on any atom is 0.410 e. The highest BCUT2D eigenvalue weighted by atomic mass is 79.9. The Balaban J connectivity index is 2.19. The SMILES string of the molecule is C#COc1c(Br)cc([N+](=O)[O-])cc1N1CCN(C(=O)OC(C)(C)C)CC1. The van der Waals surface area contributed by atoms with E-state index in [0.29, 0.717) is 42.1 Å². The molecule has 26 heavy (non-hydrogen) atoms. The molecule has 1 saturated heterocycles. The van der Waals surface area contributed by atoms with Crippen LogP contribution in [0.25, 0.3) is 0 Å². The van der Waals surface area contributed by atoms with Crippen molar-refractivity contribution in [3.05, 3.63) is 26.7 Å². The summed E-state index contributed by atoms with van der Waals surface area (Å²) >= 11 is 3.27. The lowest BCUT2D eigenvalue weighted by Gasteiger charge is -2.37. The van der Waals surface area contributed by atoms with Crippen molar-refractivity contribution >= 4 is 33.4 Å². The minimum Gasteiger partial charge on any atom is -0.444 e. The van der Waals surface area contributed by atoms with E-state index >= 15 is 0 Å². The second-order valence-corrected chi connectivity index (χ2v) is 7.56. The van der Waals surface area contributed by atoms with Gasteiger partial charge in [-0.05, 0) is 36.7 Å². The van der Waals surface area contributed by atoms with Crippen LogP contribution in [0.2, 0.25) is 0 Å². The van der Waals surface area contributed by atoms with Crippen molar-refractivity contribution in [1.29, 1.82) is 0 Å². The molecule has 1 aromatic carbocycles. The number of hydrogen-bond acceptors (Lipinski definition) is 6. The Morgan fingerprint density at radius 1 is 1.31 bits per heavy atom. The highest BCUT2D eigenvalue weighted by molar-refractivity contribution is 9.10. The molecule has 0 N–H and O–H groups in total. The number of hydrogen-bond donors (Lipinski definition) is 0. The lowest BCUT2D eigenvalue weighted by Crippen LogP contribution is -2.50. The molecule has 0 atom stereocenters. The Morgan fingerprint density at radius 2 is 1.92 bits per heavy atom. The Labute approximate surface area is 160 Å². The number of ether oxygens (including phenoxy) is 2. The average molecular weight is 426 g/mol. The molecule has 0 spiro atoms. The van der Waals surface area contributed by atoms with Gasteiger partial charge >= 0.3 is 6.09 Å². The van der Waals surface area contributed by atoms with Crippen LogP contribution in [0.3, 0.4) is 0 Å². The topological polar surface area (TPSA) is 85.2 Å². The first-order chi connectivity index (χ1) is 12.1. The van der Waals surface area contributed by atoms with Crippen molar-refractivity contribution in [2.75, 3.05) is 31.1 Å². The molecular weight excluding hydrogens is 406 g/mol. The van der Waals surface area contributed by atoms with Gasteiger partial charge in [0.1, 0.15) is 11.7 Å². The van der Waals surface area contributed by atoms with Crippen LogP contribution in [0.1, 0.15) is 20.8 Å². The van der Waals surface area contributed by atoms with Gasteiger partial charge in [0.25, 0.3) is 5.69 Å². The lowest BCUT2D eigenvalue weighted by molar-refractivity contribution is -0.384. The van der Waals surface area contributed by atoms with Crippen LogP contribution in [0.4, 0.5) is 16.2 Å². The number of carbonyl (C=O) groups excluding carboxylic acids is 1. The summed E-state index contributed by atoms with van der Waals surface area (Å²) in [5.74, 6) is 0.337. The quantitative estimate of drug-likeness (QED) is 0.419. The number of nitro groups is 1. The molecule has 1 aromatic rings. The van der Waals surface area contributed by atoms with Gasteiger partial charge in [-0.25, -0.2) is 4.79 Å². The number of amides is 1. The summed E-state index contributed by atoms with van der Waals surface area (Å²) in [6.07, 6.45) is 6.95. The van der Waals surface area contributed by atoms with E-state index < -0.39 is 10.5 Å². The smallest absolute Gasteiger partial charge is 0.410 e. The van der Waals surface area contributed by atoms with Crippen LogP contribution in [-0.4, -0.2) is 47.7 Å². The van der Waals surface area contributed by atoms with Gasteiger partial charge in [0, 0.05) is 38.3 Å². The zero-order valence-electron chi connectivity index (χ0n) is 14.8. The molecule has 0 aromatic heterocycles. The highest BCUT2D eigenvalue weighted by Crippen LogP contribution is 2.40. The summed E-state index contributed by atoms with van der Waals surface area (Å²) in [7, 11) is 0. The number of non-ortho nitro benzene ring substituents is 1. The van der Waals surface area contributed by atoms with Gasteiger partial charge in [0.05, 0.1) is 15.1 Å². The molecule has 0 unspecified atom stereocenters. The first-order valence-electron chi connectivity index (χ1n) is 7.95. The monoisotopic (exact) mass is 425 g/mol. The van der Waals surface area contributed by atoms with Crippen molar-refractivity contribution in [2.45, 2.75) is 26.4 Å². The fourth-order valence-corrected chi connectivity index (χ4v) is 3.04. The standard InChI is InChI=1S/C17H20BrN3O5/c1-5-25-15-13(18)10-12(21(23)24)11-14(15)19-6-8-20(9-7-19)16(22)26-17(2,3)4/h1,10-11H,6-9H2,2-4H3. The Hall–Kier alpha value is -2.47. The maximum absolute atomic E-state index is 12.2. The number of rotatable bonds is 3. The van der Waals surface area contributed by atoms with Gasteiger partial charge in [-0.15, -0.1) is 0 Å². The molecule has 0 bridgehead atoms. The third kappa shape index (κ3) is 4.79. The minimum absolute atomic E-state index is 0.0779. The van der Waals surface area contributed by atoms with Crippen LogP contribution < -0.4 is 9.64 Å². The summed E-state index contributed by atoms with van der Waals surface area (Å²) in [5.41, 5.74) is -0.133. The molecule has 0 aliphatic carbocycles. The summed E-state index contributed by atoms with van der Waals surface area (Å²) in [4.78, 5) is 26.3. The van der Waals surface area contributed by atoms with Crippen molar-refractivity contribution < 1.29 is 19.2 Å². The summed E-state index contributed by atoms with van der Waals surface area (Å²) in [5, 5.41) is 11.1. The van der Waals surface area contributed by atoms with Gasteiger partial charge in [-0.1, -0.05) is 6.42 Å². The maximum atomic E-state index is 12.2. The third-order valence-electron chi connectivity index (χ3n) is 3.65. The van der Waals surface area contributed by atoms with E-state index in [1.54, 1.807) is 4.90 Å². The predicted octanol–water partition coefficient (Wildman–Crippen LogP) is 3.38. The van der Waals surface area contributed by atoms with Crippen LogP contribution in [-0.2, 0) is 4.74 Å². The van der Waals surface area contributed by atoms with E-state index in [0.717, 1.165) is 0 Å². The fraction of sp³-hybridized carbons (Fsp3) is 0.471. The van der Waals surface area contributed by atoms with E-state index in [9.17, 15) is 14.9 Å². The molecule has 1 fully saturated rings. The number of anilines is 1. The molecule has 1 heterocycles. The predicted molar refractivity (Wildman–Crippen MR) is 100 cm³/mol. The van der Waals surface area contributed by atoms with Crippen LogP contribution in [0.15, 0.2) is 16.6 Å². The summed E-state index contributed by atoms with van der Waals surface area (Å²) in [6.45, 7) is 7.21. The molecule has 1 aliphatic heterocycles. The van der Waals surface area contributed by atoms with E-state index in [-0.39, 0.29) is 11.8 Å². The number of halogens is 1. The average Bonchev–Trinajstić information content (AvgIpc) is 2.55. The Bertz CT molecular complexity index is 746. The summed E-state index contributed by atoms with van der Waals surface area (Å²) in [6, 6.07) is 2.76. The number of terminal acetylenes is 1. The zero-order valence-corrected chi connectivity index (χ0v) is 16.4. The fourth-order valence-electron chi connectivity index (χ4n) is 2.52. The highest BCUT2D eigenvalue weighted by Gasteiger charge is 2.28. The largest absolute Gasteiger partial charge is 0.444 e. The molecule has 2 rings (SSSR count). The minimum atomic E-state index is -0.563. The van der Waals surface area contributed by atoms with Crippen LogP contribution >= 0.6 is 15.9 Å². The molecular formula is C17H20BrN3O5. The van der Waals surface area contributed by atoms with Crippen LogP contribution in [0, 0.1) is 22.6 Å². The third-order valence-corrected chi connectivity index (χ3v) is 4.24. The molecule has 1 amide bonds. The Kier molecular flexibility index (Phi) is 5.97. The number of nitro benzene ring substituents is 1. The molecule has 0 radical (unpaired) electrons. The van der Waals surface area contributed by atoms with E-state index in [2.05, 4.69) is 22.0 Å². The van der Waals surface area contributed by atoms with Crippen molar-refractivity contribution in [1.82, 2.24) is 4.90 Å². The second kappa shape index (κ2) is 7.83. The van der Waals surface area contributed by atoms with Crippen LogP contribution in [0.5, 0.6) is 5.75 Å². The molecule has 9 heteroatoms. The van der Waals surface area contributed by atoms with Crippen molar-refractivity contribution in [2.24, 2.45) is 0 Å². The zero-order chi connectivity index (χ0) is 19.5. The molecule has 140 valence electrons. The second-order valence-electron chi connectivity index (χ2n) is 6.71. The molecule has 8 nitrogen and oxygen atoms in total. The number of carbonyl (C=O) groups is 1. The van der Waals surface area contributed by atoms with E-state index in [1.165, 1.54) is 12.1 Å². The lowest BCUT2D eigenvalue weighted by atomic mass is 10.2. The normalized spacial score (nSPS) is 14.6. The van der Waals surface area contributed by atoms with Gasteiger partial charge in [0.15, 0.2) is 5.75 Å². The van der Waals surface area contributed by atoms with Gasteiger partial charge in [-0.3, -0.25) is 10.1 Å². The number of benzene rings is 1. The van der Waals surface area contributed by atoms with Gasteiger partial charge < -0.3 is 19.3 Å². The van der Waals surface area contributed by atoms with E-state index in [4.69, 9.17) is 15.9 Å². The van der Waals surface area contributed by atoms with E-state index in [1.807, 2.05) is 25.7 Å². The molecule has 1 aliphatic rings. The number of nitrogens with zero attached hydrogens (tertiary/aromatic N) is 3. The first-order valence-corrected chi connectivity index (χ1v) is 8.75. The van der Waals surface area contributed by atoms with Crippen molar-refractivity contribution in [3.8, 4) is 18.3 Å². The van der Waals surface area contributed by atoms with Gasteiger partial charge in [0.2, 0.25) is 0 Å². The van der Waals surface area contributed by atoms with Crippen molar-refractivity contribution in [3.63, 3.8) is 0 Å². The first kappa shape index (κ1) is 19.8. The summed E-state index contributed by atoms with van der Waals surface area (Å²) < 4.78 is 11.0. The number of piperazine rings is 1. The Morgan fingerprint density at radius 3 is 2.42 bits per heavy atom.